The Labute approximate surface area is 104 Å². The highest BCUT2D eigenvalue weighted by Gasteiger charge is 2.00. The fourth-order valence-electron chi connectivity index (χ4n) is 1.16. The lowest BCUT2D eigenvalue weighted by Gasteiger charge is -2.05. The predicted molar refractivity (Wildman–Crippen MR) is 70.4 cm³/mol. The van der Waals surface area contributed by atoms with Crippen LogP contribution in [0.5, 0.6) is 0 Å². The number of methoxy groups -OCH3 is 1. The summed E-state index contributed by atoms with van der Waals surface area (Å²) in [6.07, 6.45) is 2.27. The van der Waals surface area contributed by atoms with Crippen LogP contribution in [0.25, 0.3) is 0 Å². The van der Waals surface area contributed by atoms with Gasteiger partial charge in [0.15, 0.2) is 0 Å². The lowest BCUT2D eigenvalue weighted by atomic mass is 10.3. The Morgan fingerprint density at radius 2 is 2.20 bits per heavy atom. The predicted octanol–water partition coefficient (Wildman–Crippen LogP) is 3.55. The van der Waals surface area contributed by atoms with Crippen molar-refractivity contribution in [1.29, 1.82) is 0 Å². The number of benzene rings is 1. The van der Waals surface area contributed by atoms with Gasteiger partial charge in [-0.15, -0.1) is 11.8 Å². The highest BCUT2D eigenvalue weighted by molar-refractivity contribution is 9.10. The van der Waals surface area contributed by atoms with Crippen LogP contribution < -0.4 is 5.73 Å². The zero-order valence-corrected chi connectivity index (χ0v) is 11.2. The van der Waals surface area contributed by atoms with Gasteiger partial charge >= 0.3 is 0 Å². The van der Waals surface area contributed by atoms with Crippen molar-refractivity contribution in [3.63, 3.8) is 0 Å². The van der Waals surface area contributed by atoms with Crippen molar-refractivity contribution in [3.05, 3.63) is 22.7 Å². The number of nitrogens with two attached hydrogens (primary N) is 1. The van der Waals surface area contributed by atoms with E-state index < -0.39 is 0 Å². The van der Waals surface area contributed by atoms with Gasteiger partial charge in [-0.2, -0.15) is 0 Å². The summed E-state index contributed by atoms with van der Waals surface area (Å²) in [5.74, 6) is 1.09. The van der Waals surface area contributed by atoms with E-state index in [2.05, 4.69) is 22.0 Å². The number of nitrogen functional groups attached to an aromatic ring is 1. The molecule has 1 rings (SSSR count). The van der Waals surface area contributed by atoms with Crippen LogP contribution in [0.3, 0.4) is 0 Å². The average molecular weight is 290 g/mol. The Morgan fingerprint density at radius 1 is 1.40 bits per heavy atom. The van der Waals surface area contributed by atoms with Crippen LogP contribution in [-0.4, -0.2) is 19.5 Å². The topological polar surface area (TPSA) is 35.2 Å². The SMILES string of the molecule is COCCCCSc1cc(Br)ccc1N. The molecule has 0 amide bonds. The van der Waals surface area contributed by atoms with Crippen LogP contribution in [0.2, 0.25) is 0 Å². The van der Waals surface area contributed by atoms with Crippen molar-refractivity contribution in [2.24, 2.45) is 0 Å². The van der Waals surface area contributed by atoms with Crippen LogP contribution in [-0.2, 0) is 4.74 Å². The van der Waals surface area contributed by atoms with E-state index in [0.717, 1.165) is 40.3 Å². The zero-order chi connectivity index (χ0) is 11.1. The monoisotopic (exact) mass is 289 g/mol. The average Bonchev–Trinajstić information content (AvgIpc) is 2.23. The first-order valence-corrected chi connectivity index (χ1v) is 6.68. The first-order chi connectivity index (χ1) is 7.24. The van der Waals surface area contributed by atoms with E-state index in [4.69, 9.17) is 10.5 Å². The molecule has 0 spiro atoms. The van der Waals surface area contributed by atoms with E-state index in [1.165, 1.54) is 0 Å². The molecule has 0 aliphatic carbocycles. The summed E-state index contributed by atoms with van der Waals surface area (Å²) in [4.78, 5) is 1.15. The smallest absolute Gasteiger partial charge is 0.0462 e. The van der Waals surface area contributed by atoms with E-state index in [1.807, 2.05) is 12.1 Å². The molecule has 15 heavy (non-hydrogen) atoms. The molecule has 0 radical (unpaired) electrons. The van der Waals surface area contributed by atoms with Gasteiger partial charge in [0.2, 0.25) is 0 Å². The van der Waals surface area contributed by atoms with Gasteiger partial charge in [-0.3, -0.25) is 0 Å². The molecule has 0 heterocycles. The summed E-state index contributed by atoms with van der Waals surface area (Å²) in [5, 5.41) is 0. The summed E-state index contributed by atoms with van der Waals surface area (Å²) in [6, 6.07) is 5.96. The van der Waals surface area contributed by atoms with E-state index in [1.54, 1.807) is 18.9 Å². The maximum Gasteiger partial charge on any atom is 0.0462 e. The second-order valence-electron chi connectivity index (χ2n) is 3.23. The van der Waals surface area contributed by atoms with Crippen molar-refractivity contribution in [2.75, 3.05) is 25.2 Å². The van der Waals surface area contributed by atoms with Gasteiger partial charge in [0.05, 0.1) is 0 Å². The number of hydrogen-bond acceptors (Lipinski definition) is 3. The number of thioether (sulfide) groups is 1. The summed E-state index contributed by atoms with van der Waals surface area (Å²) in [7, 11) is 1.74. The summed E-state index contributed by atoms with van der Waals surface area (Å²) < 4.78 is 6.08. The van der Waals surface area contributed by atoms with Crippen LogP contribution in [0.4, 0.5) is 5.69 Å². The van der Waals surface area contributed by atoms with Crippen molar-refractivity contribution in [1.82, 2.24) is 0 Å². The molecular weight excluding hydrogens is 274 g/mol. The van der Waals surface area contributed by atoms with Crippen molar-refractivity contribution < 1.29 is 4.74 Å². The fraction of sp³-hybridized carbons (Fsp3) is 0.455. The minimum Gasteiger partial charge on any atom is -0.398 e. The number of halogens is 1. The highest BCUT2D eigenvalue weighted by atomic mass is 79.9. The minimum absolute atomic E-state index is 0.842. The molecule has 0 aliphatic rings. The summed E-state index contributed by atoms with van der Waals surface area (Å²) >= 11 is 5.24. The van der Waals surface area contributed by atoms with Gasteiger partial charge in [0.1, 0.15) is 0 Å². The van der Waals surface area contributed by atoms with Crippen LogP contribution in [0, 0.1) is 0 Å². The fourth-order valence-corrected chi connectivity index (χ4v) is 2.69. The number of rotatable bonds is 6. The third kappa shape index (κ3) is 4.91. The van der Waals surface area contributed by atoms with Gasteiger partial charge in [0, 0.05) is 28.8 Å². The second-order valence-corrected chi connectivity index (χ2v) is 5.28. The molecule has 0 unspecified atom stereocenters. The number of anilines is 1. The molecule has 0 aliphatic heterocycles. The molecule has 1 aromatic carbocycles. The maximum absolute atomic E-state index is 5.86. The van der Waals surface area contributed by atoms with Gasteiger partial charge in [0.25, 0.3) is 0 Å². The molecular formula is C11H16BrNOS. The molecule has 0 atom stereocenters. The molecule has 0 saturated carbocycles. The molecule has 0 bridgehead atoms. The summed E-state index contributed by atoms with van der Waals surface area (Å²) in [5.41, 5.74) is 6.72. The number of ether oxygens (including phenoxy) is 1. The minimum atomic E-state index is 0.842. The Balaban J connectivity index is 2.33. The molecule has 2 N–H and O–H groups in total. The first kappa shape index (κ1) is 12.9. The standard InChI is InChI=1S/C11H16BrNOS/c1-14-6-2-3-7-15-11-8-9(12)4-5-10(11)13/h4-5,8H,2-3,6-7,13H2,1H3. The Morgan fingerprint density at radius 3 is 2.93 bits per heavy atom. The van der Waals surface area contributed by atoms with Gasteiger partial charge in [-0.05, 0) is 36.8 Å². The van der Waals surface area contributed by atoms with Crippen LogP contribution in [0.15, 0.2) is 27.6 Å². The third-order valence-corrected chi connectivity index (χ3v) is 3.63. The van der Waals surface area contributed by atoms with Gasteiger partial charge in [-0.1, -0.05) is 15.9 Å². The normalized spacial score (nSPS) is 10.5. The second kappa shape index (κ2) is 7.14. The van der Waals surface area contributed by atoms with Crippen LogP contribution >= 0.6 is 27.7 Å². The van der Waals surface area contributed by atoms with E-state index in [-0.39, 0.29) is 0 Å². The Hall–Kier alpha value is -0.190. The van der Waals surface area contributed by atoms with Gasteiger partial charge in [-0.25, -0.2) is 0 Å². The number of hydrogen-bond donors (Lipinski definition) is 1. The van der Waals surface area contributed by atoms with Crippen molar-refractivity contribution in [3.8, 4) is 0 Å². The molecule has 0 saturated heterocycles. The molecule has 84 valence electrons. The maximum atomic E-state index is 5.86. The number of unbranched alkanes of at least 4 members (excludes halogenated alkanes) is 1. The molecule has 1 aromatic rings. The molecule has 0 fully saturated rings. The molecule has 2 nitrogen and oxygen atoms in total. The Kier molecular flexibility index (Phi) is 6.13. The van der Waals surface area contributed by atoms with E-state index >= 15 is 0 Å². The largest absolute Gasteiger partial charge is 0.398 e. The third-order valence-electron chi connectivity index (χ3n) is 1.98. The first-order valence-electron chi connectivity index (χ1n) is 4.91. The molecule has 4 heteroatoms. The Bertz CT molecular complexity index is 307. The van der Waals surface area contributed by atoms with E-state index in [9.17, 15) is 0 Å². The molecule has 0 aromatic heterocycles. The van der Waals surface area contributed by atoms with E-state index in [0.29, 0.717) is 0 Å². The van der Waals surface area contributed by atoms with Gasteiger partial charge < -0.3 is 10.5 Å². The lowest BCUT2D eigenvalue weighted by Crippen LogP contribution is -1.92. The zero-order valence-electron chi connectivity index (χ0n) is 8.83. The van der Waals surface area contributed by atoms with Crippen molar-refractivity contribution in [2.45, 2.75) is 17.7 Å². The summed E-state index contributed by atoms with van der Waals surface area (Å²) in [6.45, 7) is 0.842. The van der Waals surface area contributed by atoms with Crippen molar-refractivity contribution >= 4 is 33.4 Å². The lowest BCUT2D eigenvalue weighted by molar-refractivity contribution is 0.194. The van der Waals surface area contributed by atoms with Crippen LogP contribution in [0.1, 0.15) is 12.8 Å². The quantitative estimate of drug-likeness (QED) is 0.494. The highest BCUT2D eigenvalue weighted by Crippen LogP contribution is 2.28.